The average molecular weight is 292 g/mol. The van der Waals surface area contributed by atoms with Gasteiger partial charge in [0.05, 0.1) is 13.2 Å². The molecule has 0 aliphatic carbocycles. The molecule has 0 spiro atoms. The second-order valence-electron chi connectivity index (χ2n) is 4.91. The van der Waals surface area contributed by atoms with E-state index in [1.807, 2.05) is 18.5 Å². The Morgan fingerprint density at radius 1 is 1.45 bits per heavy atom. The van der Waals surface area contributed by atoms with Gasteiger partial charge in [-0.15, -0.1) is 11.3 Å². The molecule has 20 heavy (non-hydrogen) atoms. The first-order valence-electron chi connectivity index (χ1n) is 6.83. The van der Waals surface area contributed by atoms with Crippen LogP contribution in [-0.2, 0) is 11.3 Å². The van der Waals surface area contributed by atoms with E-state index in [9.17, 15) is 4.79 Å². The molecule has 1 aliphatic rings. The summed E-state index contributed by atoms with van der Waals surface area (Å²) in [6.07, 6.45) is 1.52. The molecule has 0 aromatic carbocycles. The third-order valence-corrected chi connectivity index (χ3v) is 4.23. The van der Waals surface area contributed by atoms with Crippen molar-refractivity contribution in [1.29, 1.82) is 0 Å². The summed E-state index contributed by atoms with van der Waals surface area (Å²) in [6, 6.07) is 2.01. The van der Waals surface area contributed by atoms with E-state index < -0.39 is 0 Å². The fraction of sp³-hybridized carbons (Fsp3) is 0.533. The van der Waals surface area contributed by atoms with Crippen LogP contribution in [0.25, 0.3) is 0 Å². The molecule has 1 saturated heterocycles. The van der Waals surface area contributed by atoms with Gasteiger partial charge in [0.25, 0.3) is 0 Å². The van der Waals surface area contributed by atoms with E-state index in [-0.39, 0.29) is 12.5 Å². The number of aliphatic hydroxyl groups excluding tert-OH is 1. The number of likely N-dealkylation sites (N-methyl/N-ethyl adjacent to an activating group) is 1. The first kappa shape index (κ1) is 15.0. The van der Waals surface area contributed by atoms with Crippen LogP contribution in [-0.4, -0.2) is 54.1 Å². The summed E-state index contributed by atoms with van der Waals surface area (Å²) in [5, 5.41) is 10.8. The zero-order valence-corrected chi connectivity index (χ0v) is 12.6. The van der Waals surface area contributed by atoms with Crippen molar-refractivity contribution in [2.24, 2.45) is 0 Å². The number of amides is 1. The molecule has 0 radical (unpaired) electrons. The predicted octanol–water partition coefficient (Wildman–Crippen LogP) is 1.15. The predicted molar refractivity (Wildman–Crippen MR) is 80.4 cm³/mol. The first-order chi connectivity index (χ1) is 9.70. The number of carbonyl (C=O) groups excluding carboxylic acids is 1. The average Bonchev–Trinajstić information content (AvgIpc) is 2.79. The summed E-state index contributed by atoms with van der Waals surface area (Å²) in [4.78, 5) is 17.1. The van der Waals surface area contributed by atoms with E-state index in [4.69, 9.17) is 5.11 Å². The van der Waals surface area contributed by atoms with Gasteiger partial charge in [-0.1, -0.05) is 11.8 Å². The summed E-state index contributed by atoms with van der Waals surface area (Å²) in [5.41, 5.74) is 1.02. The SMILES string of the molecule is CN1CCCN(Cc2sccc2C#CCCO)CC1=O. The molecule has 108 valence electrons. The molecule has 0 saturated carbocycles. The van der Waals surface area contributed by atoms with E-state index in [0.29, 0.717) is 13.0 Å². The van der Waals surface area contributed by atoms with Crippen LogP contribution in [0.2, 0.25) is 0 Å². The van der Waals surface area contributed by atoms with Crippen LogP contribution in [0.15, 0.2) is 11.4 Å². The summed E-state index contributed by atoms with van der Waals surface area (Å²) in [6.45, 7) is 3.14. The van der Waals surface area contributed by atoms with Crippen molar-refractivity contribution >= 4 is 17.2 Å². The fourth-order valence-corrected chi connectivity index (χ4v) is 3.04. The summed E-state index contributed by atoms with van der Waals surface area (Å²) >= 11 is 1.68. The Balaban J connectivity index is 2.01. The van der Waals surface area contributed by atoms with Gasteiger partial charge in [0.15, 0.2) is 0 Å². The molecule has 1 aromatic heterocycles. The lowest BCUT2D eigenvalue weighted by Gasteiger charge is -2.18. The second-order valence-corrected chi connectivity index (χ2v) is 5.91. The molecule has 1 N–H and O–H groups in total. The van der Waals surface area contributed by atoms with Gasteiger partial charge in [-0.05, 0) is 17.9 Å². The van der Waals surface area contributed by atoms with Crippen molar-refractivity contribution in [3.05, 3.63) is 21.9 Å². The molecule has 5 heteroatoms. The summed E-state index contributed by atoms with van der Waals surface area (Å²) in [5.74, 6) is 6.24. The third kappa shape index (κ3) is 4.07. The highest BCUT2D eigenvalue weighted by molar-refractivity contribution is 7.10. The van der Waals surface area contributed by atoms with Gasteiger partial charge in [-0.2, -0.15) is 0 Å². The first-order valence-corrected chi connectivity index (χ1v) is 7.71. The topological polar surface area (TPSA) is 43.8 Å². The van der Waals surface area contributed by atoms with Gasteiger partial charge in [0, 0.05) is 43.5 Å². The molecule has 0 unspecified atom stereocenters. The van der Waals surface area contributed by atoms with Crippen molar-refractivity contribution in [2.75, 3.05) is 33.3 Å². The molecule has 2 heterocycles. The molecule has 1 amide bonds. The highest BCUT2D eigenvalue weighted by atomic mass is 32.1. The Hall–Kier alpha value is -1.35. The van der Waals surface area contributed by atoms with Gasteiger partial charge < -0.3 is 10.0 Å². The lowest BCUT2D eigenvalue weighted by molar-refractivity contribution is -0.129. The van der Waals surface area contributed by atoms with Crippen LogP contribution < -0.4 is 0 Å². The largest absolute Gasteiger partial charge is 0.395 e. The molecule has 1 fully saturated rings. The minimum Gasteiger partial charge on any atom is -0.395 e. The standard InChI is InChI=1S/C15H20N2O2S/c1-16-7-4-8-17(12-15(16)19)11-14-13(6-10-20-14)5-2-3-9-18/h6,10,18H,3-4,7-9,11-12H2,1H3. The molecule has 0 bridgehead atoms. The molecular formula is C15H20N2O2S. The van der Waals surface area contributed by atoms with E-state index in [0.717, 1.165) is 31.6 Å². The summed E-state index contributed by atoms with van der Waals surface area (Å²) < 4.78 is 0. The van der Waals surface area contributed by atoms with Gasteiger partial charge in [0.1, 0.15) is 0 Å². The van der Waals surface area contributed by atoms with Crippen molar-refractivity contribution < 1.29 is 9.90 Å². The fourth-order valence-electron chi connectivity index (χ4n) is 2.17. The normalized spacial score (nSPS) is 16.7. The zero-order valence-electron chi connectivity index (χ0n) is 11.8. The molecular weight excluding hydrogens is 272 g/mol. The van der Waals surface area contributed by atoms with Crippen LogP contribution in [0, 0.1) is 11.8 Å². The lowest BCUT2D eigenvalue weighted by Crippen LogP contribution is -2.33. The van der Waals surface area contributed by atoms with Gasteiger partial charge in [0.2, 0.25) is 5.91 Å². The van der Waals surface area contributed by atoms with Crippen LogP contribution in [0.1, 0.15) is 23.3 Å². The Bertz CT molecular complexity index is 515. The molecule has 1 aliphatic heterocycles. The Morgan fingerprint density at radius 3 is 3.10 bits per heavy atom. The van der Waals surface area contributed by atoms with Crippen molar-refractivity contribution in [3.8, 4) is 11.8 Å². The van der Waals surface area contributed by atoms with Gasteiger partial charge >= 0.3 is 0 Å². The highest BCUT2D eigenvalue weighted by Gasteiger charge is 2.19. The van der Waals surface area contributed by atoms with Crippen LogP contribution in [0.5, 0.6) is 0 Å². The molecule has 2 rings (SSSR count). The van der Waals surface area contributed by atoms with E-state index in [2.05, 4.69) is 16.7 Å². The second kappa shape index (κ2) is 7.44. The van der Waals surface area contributed by atoms with Crippen LogP contribution >= 0.6 is 11.3 Å². The summed E-state index contributed by atoms with van der Waals surface area (Å²) in [7, 11) is 1.86. The number of thiophene rings is 1. The molecule has 4 nitrogen and oxygen atoms in total. The van der Waals surface area contributed by atoms with Crippen LogP contribution in [0.3, 0.4) is 0 Å². The number of hydrogen-bond acceptors (Lipinski definition) is 4. The maximum atomic E-state index is 11.9. The molecule has 0 atom stereocenters. The van der Waals surface area contributed by atoms with Crippen LogP contribution in [0.4, 0.5) is 0 Å². The maximum absolute atomic E-state index is 11.9. The minimum absolute atomic E-state index is 0.0967. The Morgan fingerprint density at radius 2 is 2.30 bits per heavy atom. The quantitative estimate of drug-likeness (QED) is 0.850. The third-order valence-electron chi connectivity index (χ3n) is 3.32. The van der Waals surface area contributed by atoms with Crippen molar-refractivity contribution in [2.45, 2.75) is 19.4 Å². The monoisotopic (exact) mass is 292 g/mol. The van der Waals surface area contributed by atoms with E-state index in [1.54, 1.807) is 16.2 Å². The number of aliphatic hydroxyl groups is 1. The maximum Gasteiger partial charge on any atom is 0.236 e. The highest BCUT2D eigenvalue weighted by Crippen LogP contribution is 2.19. The van der Waals surface area contributed by atoms with E-state index in [1.165, 1.54) is 4.88 Å². The number of rotatable bonds is 3. The smallest absolute Gasteiger partial charge is 0.236 e. The molecule has 1 aromatic rings. The van der Waals surface area contributed by atoms with Gasteiger partial charge in [-0.25, -0.2) is 0 Å². The number of hydrogen-bond donors (Lipinski definition) is 1. The minimum atomic E-state index is 0.0967. The van der Waals surface area contributed by atoms with Crippen molar-refractivity contribution in [3.63, 3.8) is 0 Å². The zero-order chi connectivity index (χ0) is 14.4. The number of carbonyl (C=O) groups is 1. The lowest BCUT2D eigenvalue weighted by atomic mass is 10.2. The Kier molecular flexibility index (Phi) is 5.60. The van der Waals surface area contributed by atoms with Gasteiger partial charge in [-0.3, -0.25) is 9.69 Å². The van der Waals surface area contributed by atoms with E-state index >= 15 is 0 Å². The van der Waals surface area contributed by atoms with Crippen molar-refractivity contribution in [1.82, 2.24) is 9.80 Å². The Labute approximate surface area is 124 Å². The number of nitrogens with zero attached hydrogens (tertiary/aromatic N) is 2.